The van der Waals surface area contributed by atoms with E-state index in [-0.39, 0.29) is 35.3 Å². The van der Waals surface area contributed by atoms with Crippen molar-refractivity contribution in [3.05, 3.63) is 72.5 Å². The minimum atomic E-state index is -3.99. The maximum Gasteiger partial charge on any atom is 0.244 e. The number of nitrogens with zero attached hydrogens (tertiary/aromatic N) is 2. The Bertz CT molecular complexity index is 1350. The molecule has 34 heavy (non-hydrogen) atoms. The van der Waals surface area contributed by atoms with E-state index < -0.39 is 33.7 Å². The van der Waals surface area contributed by atoms with Crippen molar-refractivity contribution < 1.29 is 22.4 Å². The number of hydrogen-bond donors (Lipinski definition) is 2. The van der Waals surface area contributed by atoms with Crippen molar-refractivity contribution >= 4 is 50.9 Å². The van der Waals surface area contributed by atoms with Gasteiger partial charge in [-0.3, -0.25) is 9.59 Å². The molecule has 3 aromatic carbocycles. The normalized spacial score (nSPS) is 18.7. The lowest BCUT2D eigenvalue weighted by atomic mass is 10.1. The average Bonchev–Trinajstić information content (AvgIpc) is 3.22. The number of hydrogen-bond acceptors (Lipinski definition) is 5. The molecular formula is C24H24FN3O4S2. The van der Waals surface area contributed by atoms with Gasteiger partial charge in [0.05, 0.1) is 17.1 Å². The molecule has 2 amide bonds. The Morgan fingerprint density at radius 2 is 1.76 bits per heavy atom. The number of sulfonamides is 1. The van der Waals surface area contributed by atoms with Crippen LogP contribution in [0.5, 0.6) is 0 Å². The molecule has 178 valence electrons. The van der Waals surface area contributed by atoms with Gasteiger partial charge in [0.2, 0.25) is 21.8 Å². The zero-order valence-electron chi connectivity index (χ0n) is 18.4. The fourth-order valence-corrected chi connectivity index (χ4v) is 6.20. The Kier molecular flexibility index (Phi) is 6.92. The van der Waals surface area contributed by atoms with Crippen LogP contribution >= 0.6 is 12.6 Å². The van der Waals surface area contributed by atoms with E-state index in [1.165, 1.54) is 31.3 Å². The number of rotatable bonds is 6. The highest BCUT2D eigenvalue weighted by Crippen LogP contribution is 2.31. The number of carbonyl (C=O) groups is 2. The average molecular weight is 502 g/mol. The van der Waals surface area contributed by atoms with Crippen LogP contribution in [-0.4, -0.2) is 60.9 Å². The summed E-state index contributed by atoms with van der Waals surface area (Å²) in [7, 11) is -2.57. The van der Waals surface area contributed by atoms with Gasteiger partial charge < -0.3 is 10.2 Å². The van der Waals surface area contributed by atoms with Gasteiger partial charge in [-0.1, -0.05) is 42.5 Å². The number of nitrogens with one attached hydrogen (secondary N) is 1. The van der Waals surface area contributed by atoms with Crippen LogP contribution in [0.2, 0.25) is 0 Å². The number of amides is 2. The Labute approximate surface area is 203 Å². The first-order chi connectivity index (χ1) is 16.2. The molecule has 0 spiro atoms. The summed E-state index contributed by atoms with van der Waals surface area (Å²) in [5.41, 5.74) is 0.00476. The number of anilines is 1. The van der Waals surface area contributed by atoms with E-state index in [1.54, 1.807) is 18.2 Å². The van der Waals surface area contributed by atoms with Crippen molar-refractivity contribution in [1.29, 1.82) is 0 Å². The van der Waals surface area contributed by atoms with Crippen LogP contribution < -0.4 is 5.32 Å². The molecule has 3 aromatic rings. The van der Waals surface area contributed by atoms with E-state index in [9.17, 15) is 22.4 Å². The van der Waals surface area contributed by atoms with Crippen molar-refractivity contribution in [2.45, 2.75) is 22.6 Å². The minimum Gasteiger partial charge on any atom is -0.335 e. The predicted octanol–water partition coefficient (Wildman–Crippen LogP) is 3.14. The molecule has 10 heteroatoms. The molecule has 1 fully saturated rings. The SMILES string of the molecule is CN(CC(=O)Nc1ccccc1F)C(=O)[C@@H]1C[C@@H](S)CN1S(=O)(=O)c1ccc2ccccc2c1. The zero-order chi connectivity index (χ0) is 24.5. The van der Waals surface area contributed by atoms with E-state index in [0.29, 0.717) is 0 Å². The molecule has 1 N–H and O–H groups in total. The van der Waals surface area contributed by atoms with Gasteiger partial charge in [-0.25, -0.2) is 12.8 Å². The van der Waals surface area contributed by atoms with Crippen molar-refractivity contribution in [2.75, 3.05) is 25.5 Å². The third kappa shape index (κ3) is 4.94. The molecule has 1 aliphatic heterocycles. The monoisotopic (exact) mass is 501 g/mol. The number of carbonyl (C=O) groups excluding carboxylic acids is 2. The van der Waals surface area contributed by atoms with Crippen LogP contribution in [0.25, 0.3) is 10.8 Å². The van der Waals surface area contributed by atoms with Crippen LogP contribution in [0.1, 0.15) is 6.42 Å². The van der Waals surface area contributed by atoms with Gasteiger partial charge >= 0.3 is 0 Å². The third-order valence-electron chi connectivity index (χ3n) is 5.75. The maximum absolute atomic E-state index is 13.8. The molecule has 1 heterocycles. The molecular weight excluding hydrogens is 477 g/mol. The van der Waals surface area contributed by atoms with Crippen LogP contribution in [-0.2, 0) is 19.6 Å². The molecule has 7 nitrogen and oxygen atoms in total. The quantitative estimate of drug-likeness (QED) is 0.508. The highest BCUT2D eigenvalue weighted by molar-refractivity contribution is 7.89. The first-order valence-corrected chi connectivity index (χ1v) is 12.6. The second kappa shape index (κ2) is 9.73. The molecule has 0 aromatic heterocycles. The summed E-state index contributed by atoms with van der Waals surface area (Å²) in [5.74, 6) is -1.71. The molecule has 0 aliphatic carbocycles. The van der Waals surface area contributed by atoms with Crippen LogP contribution in [0, 0.1) is 5.82 Å². The molecule has 2 atom stereocenters. The number of halogens is 1. The molecule has 0 saturated carbocycles. The number of benzene rings is 3. The highest BCUT2D eigenvalue weighted by Gasteiger charge is 2.44. The largest absolute Gasteiger partial charge is 0.335 e. The van der Waals surface area contributed by atoms with E-state index >= 15 is 0 Å². The second-order valence-electron chi connectivity index (χ2n) is 8.21. The molecule has 1 aliphatic rings. The lowest BCUT2D eigenvalue weighted by Gasteiger charge is -2.27. The van der Waals surface area contributed by atoms with Crippen LogP contribution in [0.15, 0.2) is 71.6 Å². The fourth-order valence-electron chi connectivity index (χ4n) is 4.04. The number of fused-ring (bicyclic) bond motifs is 1. The summed E-state index contributed by atoms with van der Waals surface area (Å²) in [4.78, 5) is 26.8. The van der Waals surface area contributed by atoms with Gasteiger partial charge in [0.25, 0.3) is 0 Å². The van der Waals surface area contributed by atoms with Gasteiger partial charge in [0, 0.05) is 18.8 Å². The maximum atomic E-state index is 13.8. The van der Waals surface area contributed by atoms with Crippen molar-refractivity contribution in [3.8, 4) is 0 Å². The minimum absolute atomic E-state index is 0.00476. The summed E-state index contributed by atoms with van der Waals surface area (Å²) < 4.78 is 41.9. The molecule has 0 radical (unpaired) electrons. The van der Waals surface area contributed by atoms with E-state index in [4.69, 9.17) is 0 Å². The van der Waals surface area contributed by atoms with Gasteiger partial charge in [0.1, 0.15) is 11.9 Å². The number of para-hydroxylation sites is 1. The Morgan fingerprint density at radius 1 is 1.09 bits per heavy atom. The van der Waals surface area contributed by atoms with E-state index in [0.717, 1.165) is 20.0 Å². The molecule has 0 bridgehead atoms. The van der Waals surface area contributed by atoms with Gasteiger partial charge in [-0.05, 0) is 41.5 Å². The Morgan fingerprint density at radius 3 is 2.50 bits per heavy atom. The summed E-state index contributed by atoms with van der Waals surface area (Å²) in [6, 6.07) is 17.0. The lowest BCUT2D eigenvalue weighted by Crippen LogP contribution is -2.48. The van der Waals surface area contributed by atoms with Crippen molar-refractivity contribution in [1.82, 2.24) is 9.21 Å². The summed E-state index contributed by atoms with van der Waals surface area (Å²) in [6.45, 7) is -0.283. The summed E-state index contributed by atoms with van der Waals surface area (Å²) >= 11 is 4.43. The molecule has 4 rings (SSSR count). The predicted molar refractivity (Wildman–Crippen MR) is 132 cm³/mol. The number of likely N-dealkylation sites (N-methyl/N-ethyl adjacent to an activating group) is 1. The van der Waals surface area contributed by atoms with Crippen LogP contribution in [0.4, 0.5) is 10.1 Å². The standard InChI is InChI=1S/C24H24FN3O4S2/c1-27(15-23(29)26-21-9-5-4-8-20(21)25)24(30)22-13-18(33)14-28(22)34(31,32)19-11-10-16-6-2-3-7-17(16)12-19/h2-12,18,22,33H,13-15H2,1H3,(H,26,29)/t18-,22+/m1/s1. The summed E-state index contributed by atoms with van der Waals surface area (Å²) in [5, 5.41) is 3.77. The van der Waals surface area contributed by atoms with Crippen molar-refractivity contribution in [2.24, 2.45) is 0 Å². The third-order valence-corrected chi connectivity index (χ3v) is 8.00. The first kappa shape index (κ1) is 24.2. The first-order valence-electron chi connectivity index (χ1n) is 10.6. The smallest absolute Gasteiger partial charge is 0.244 e. The van der Waals surface area contributed by atoms with Crippen LogP contribution in [0.3, 0.4) is 0 Å². The molecule has 0 unspecified atom stereocenters. The Balaban J connectivity index is 1.52. The topological polar surface area (TPSA) is 86.8 Å². The summed E-state index contributed by atoms with van der Waals surface area (Å²) in [6.07, 6.45) is 0.216. The Hall–Kier alpha value is -2.95. The fraction of sp³-hybridized carbons (Fsp3) is 0.250. The van der Waals surface area contributed by atoms with Crippen molar-refractivity contribution in [3.63, 3.8) is 0 Å². The van der Waals surface area contributed by atoms with Gasteiger partial charge in [-0.15, -0.1) is 0 Å². The van der Waals surface area contributed by atoms with Gasteiger partial charge in [-0.2, -0.15) is 16.9 Å². The van der Waals surface area contributed by atoms with Gasteiger partial charge in [0.15, 0.2) is 0 Å². The lowest BCUT2D eigenvalue weighted by molar-refractivity contribution is -0.136. The second-order valence-corrected chi connectivity index (χ2v) is 10.8. The van der Waals surface area contributed by atoms with E-state index in [2.05, 4.69) is 17.9 Å². The number of thiol groups is 1. The zero-order valence-corrected chi connectivity index (χ0v) is 20.1. The molecule has 1 saturated heterocycles. The van der Waals surface area contributed by atoms with E-state index in [1.807, 2.05) is 24.3 Å². The highest BCUT2D eigenvalue weighted by atomic mass is 32.2.